The minimum absolute atomic E-state index is 0.394. The summed E-state index contributed by atoms with van der Waals surface area (Å²) in [7, 11) is 0. The number of carbonyl (C=O) groups is 1. The number of hydrogen-bond acceptors (Lipinski definition) is 2. The second-order valence-corrected chi connectivity index (χ2v) is 2.48. The van der Waals surface area contributed by atoms with E-state index in [4.69, 9.17) is 5.11 Å². The summed E-state index contributed by atoms with van der Waals surface area (Å²) >= 11 is 0. The fourth-order valence-electron chi connectivity index (χ4n) is 1.01. The minimum Gasteiger partial charge on any atom is -0.478 e. The molecule has 0 saturated heterocycles. The zero-order valence-corrected chi connectivity index (χ0v) is 6.16. The molecule has 1 rings (SSSR count). The van der Waals surface area contributed by atoms with Crippen molar-refractivity contribution in [3.8, 4) is 0 Å². The van der Waals surface area contributed by atoms with Crippen molar-refractivity contribution in [3.05, 3.63) is 24.4 Å². The SMILES string of the molecule is O=C(O)/C=C/NC1CC=CC1. The van der Waals surface area contributed by atoms with Crippen LogP contribution in [0.3, 0.4) is 0 Å². The molecule has 1 aliphatic carbocycles. The molecule has 0 bridgehead atoms. The van der Waals surface area contributed by atoms with Gasteiger partial charge in [-0.2, -0.15) is 0 Å². The second kappa shape index (κ2) is 3.81. The molecule has 3 nitrogen and oxygen atoms in total. The van der Waals surface area contributed by atoms with Crippen molar-refractivity contribution in [1.29, 1.82) is 0 Å². The van der Waals surface area contributed by atoms with Crippen molar-refractivity contribution in [3.63, 3.8) is 0 Å². The Bertz CT molecular complexity index is 188. The van der Waals surface area contributed by atoms with Gasteiger partial charge in [-0.15, -0.1) is 0 Å². The van der Waals surface area contributed by atoms with Crippen LogP contribution in [0.15, 0.2) is 24.4 Å². The number of rotatable bonds is 3. The van der Waals surface area contributed by atoms with Crippen LogP contribution in [0, 0.1) is 0 Å². The molecule has 0 aromatic heterocycles. The highest BCUT2D eigenvalue weighted by molar-refractivity contribution is 5.79. The summed E-state index contributed by atoms with van der Waals surface area (Å²) in [6, 6.07) is 0.394. The first-order chi connectivity index (χ1) is 5.29. The lowest BCUT2D eigenvalue weighted by Crippen LogP contribution is -2.20. The quantitative estimate of drug-likeness (QED) is 0.467. The maximum atomic E-state index is 10.0. The third-order valence-corrected chi connectivity index (χ3v) is 1.57. The van der Waals surface area contributed by atoms with Gasteiger partial charge in [-0.25, -0.2) is 4.79 Å². The van der Waals surface area contributed by atoms with Crippen LogP contribution in [0.4, 0.5) is 0 Å². The van der Waals surface area contributed by atoms with Crippen LogP contribution < -0.4 is 5.32 Å². The average molecular weight is 153 g/mol. The van der Waals surface area contributed by atoms with Gasteiger partial charge in [0.25, 0.3) is 0 Å². The number of aliphatic carboxylic acids is 1. The fourth-order valence-corrected chi connectivity index (χ4v) is 1.01. The number of nitrogens with one attached hydrogen (secondary N) is 1. The van der Waals surface area contributed by atoms with Crippen molar-refractivity contribution >= 4 is 5.97 Å². The lowest BCUT2D eigenvalue weighted by Gasteiger charge is -2.07. The van der Waals surface area contributed by atoms with E-state index in [1.54, 1.807) is 0 Å². The fraction of sp³-hybridized carbons (Fsp3) is 0.375. The molecule has 0 aromatic carbocycles. The van der Waals surface area contributed by atoms with Crippen molar-refractivity contribution in [2.75, 3.05) is 0 Å². The topological polar surface area (TPSA) is 49.3 Å². The van der Waals surface area contributed by atoms with Crippen LogP contribution in [0.1, 0.15) is 12.8 Å². The van der Waals surface area contributed by atoms with E-state index in [2.05, 4.69) is 17.5 Å². The van der Waals surface area contributed by atoms with E-state index >= 15 is 0 Å². The zero-order valence-electron chi connectivity index (χ0n) is 6.16. The predicted octanol–water partition coefficient (Wildman–Crippen LogP) is 0.893. The van der Waals surface area contributed by atoms with E-state index < -0.39 is 5.97 Å². The molecule has 0 heterocycles. The largest absolute Gasteiger partial charge is 0.478 e. The van der Waals surface area contributed by atoms with Gasteiger partial charge in [-0.05, 0) is 12.8 Å². The van der Waals surface area contributed by atoms with Crippen molar-refractivity contribution in [1.82, 2.24) is 5.32 Å². The Morgan fingerprint density at radius 3 is 2.73 bits per heavy atom. The van der Waals surface area contributed by atoms with Crippen LogP contribution >= 0.6 is 0 Å². The number of carboxylic acids is 1. The molecule has 0 spiro atoms. The molecule has 2 N–H and O–H groups in total. The molecule has 60 valence electrons. The molecule has 3 heteroatoms. The summed E-state index contributed by atoms with van der Waals surface area (Å²) in [5, 5.41) is 11.2. The van der Waals surface area contributed by atoms with Crippen molar-refractivity contribution in [2.24, 2.45) is 0 Å². The van der Waals surface area contributed by atoms with Gasteiger partial charge in [0.2, 0.25) is 0 Å². The van der Waals surface area contributed by atoms with E-state index in [0.29, 0.717) is 6.04 Å². The van der Waals surface area contributed by atoms with Gasteiger partial charge in [-0.3, -0.25) is 0 Å². The molecule has 0 aliphatic heterocycles. The molecule has 0 saturated carbocycles. The molecule has 0 atom stereocenters. The van der Waals surface area contributed by atoms with E-state index in [9.17, 15) is 4.79 Å². The van der Waals surface area contributed by atoms with Crippen LogP contribution in [-0.2, 0) is 4.79 Å². The highest BCUT2D eigenvalue weighted by atomic mass is 16.4. The van der Waals surface area contributed by atoms with Crippen molar-refractivity contribution in [2.45, 2.75) is 18.9 Å². The molecule has 0 aromatic rings. The normalized spacial score (nSPS) is 17.8. The molecule has 1 aliphatic rings. The van der Waals surface area contributed by atoms with Gasteiger partial charge in [0.1, 0.15) is 0 Å². The highest BCUT2D eigenvalue weighted by Gasteiger charge is 2.05. The molecular formula is C8H11NO2. The van der Waals surface area contributed by atoms with E-state index in [0.717, 1.165) is 18.9 Å². The third kappa shape index (κ3) is 2.89. The van der Waals surface area contributed by atoms with Gasteiger partial charge in [0.15, 0.2) is 0 Å². The van der Waals surface area contributed by atoms with Gasteiger partial charge >= 0.3 is 5.97 Å². The summed E-state index contributed by atoms with van der Waals surface area (Å²) < 4.78 is 0. The monoisotopic (exact) mass is 153 g/mol. The van der Waals surface area contributed by atoms with Crippen LogP contribution in [0.2, 0.25) is 0 Å². The molecule has 0 fully saturated rings. The first-order valence-electron chi connectivity index (χ1n) is 3.59. The maximum Gasteiger partial charge on any atom is 0.329 e. The van der Waals surface area contributed by atoms with E-state index in [1.165, 1.54) is 6.20 Å². The number of carboxylic acid groups (broad SMARTS) is 1. The second-order valence-electron chi connectivity index (χ2n) is 2.48. The summed E-state index contributed by atoms with van der Waals surface area (Å²) in [6.07, 6.45) is 8.75. The molecule has 0 amide bonds. The smallest absolute Gasteiger partial charge is 0.329 e. The summed E-state index contributed by atoms with van der Waals surface area (Å²) in [6.45, 7) is 0. The van der Waals surface area contributed by atoms with Gasteiger partial charge in [-0.1, -0.05) is 12.2 Å². The Kier molecular flexibility index (Phi) is 2.72. The Labute approximate surface area is 65.4 Å². The molecule has 0 unspecified atom stereocenters. The first-order valence-corrected chi connectivity index (χ1v) is 3.59. The van der Waals surface area contributed by atoms with Crippen LogP contribution in [0.5, 0.6) is 0 Å². The minimum atomic E-state index is -0.913. The first kappa shape index (κ1) is 7.85. The number of hydrogen-bond donors (Lipinski definition) is 2. The van der Waals surface area contributed by atoms with Crippen molar-refractivity contribution < 1.29 is 9.90 Å². The lowest BCUT2D eigenvalue weighted by molar-refractivity contribution is -0.131. The maximum absolute atomic E-state index is 10.0. The molecule has 11 heavy (non-hydrogen) atoms. The average Bonchev–Trinajstić information content (AvgIpc) is 2.39. The highest BCUT2D eigenvalue weighted by Crippen LogP contribution is 2.08. The zero-order chi connectivity index (χ0) is 8.10. The van der Waals surface area contributed by atoms with Crippen LogP contribution in [0.25, 0.3) is 0 Å². The predicted molar refractivity (Wildman–Crippen MR) is 42.1 cm³/mol. The Balaban J connectivity index is 2.17. The Morgan fingerprint density at radius 2 is 2.18 bits per heavy atom. The van der Waals surface area contributed by atoms with E-state index in [-0.39, 0.29) is 0 Å². The van der Waals surface area contributed by atoms with E-state index in [1.807, 2.05) is 0 Å². The standard InChI is InChI=1S/C8H11NO2/c10-8(11)5-6-9-7-3-1-2-4-7/h1-2,5-7,9H,3-4H2,(H,10,11)/b6-5+. The molecular weight excluding hydrogens is 142 g/mol. The Hall–Kier alpha value is -1.25. The Morgan fingerprint density at radius 1 is 1.55 bits per heavy atom. The summed E-state index contributed by atoms with van der Waals surface area (Å²) in [5.74, 6) is -0.913. The third-order valence-electron chi connectivity index (χ3n) is 1.57. The molecule has 0 radical (unpaired) electrons. The van der Waals surface area contributed by atoms with Gasteiger partial charge in [0, 0.05) is 18.3 Å². The summed E-state index contributed by atoms with van der Waals surface area (Å²) in [4.78, 5) is 10.0. The van der Waals surface area contributed by atoms with Gasteiger partial charge < -0.3 is 10.4 Å². The lowest BCUT2D eigenvalue weighted by atomic mass is 10.2. The van der Waals surface area contributed by atoms with Crippen LogP contribution in [-0.4, -0.2) is 17.1 Å². The summed E-state index contributed by atoms with van der Waals surface area (Å²) in [5.41, 5.74) is 0. The van der Waals surface area contributed by atoms with Gasteiger partial charge in [0.05, 0.1) is 0 Å².